The van der Waals surface area contributed by atoms with Crippen LogP contribution < -0.4 is 15.5 Å². The predicted octanol–water partition coefficient (Wildman–Crippen LogP) is 0.382. The van der Waals surface area contributed by atoms with Crippen molar-refractivity contribution in [3.05, 3.63) is 24.0 Å². The van der Waals surface area contributed by atoms with Crippen LogP contribution in [0.25, 0.3) is 0 Å². The standard InChI is InChI=1S/C13H18N4O/c1-14-13(18)11-3-2-9(8-16-11)17-7-6-15-10-4-5-12(10)17/h2-3,8,10,12,15H,4-7H2,1H3,(H,14,18)/t10?,12-/m1/s1. The molecule has 1 unspecified atom stereocenters. The second kappa shape index (κ2) is 4.57. The molecule has 1 saturated heterocycles. The van der Waals surface area contributed by atoms with Gasteiger partial charge in [0.15, 0.2) is 0 Å². The number of hydrogen-bond acceptors (Lipinski definition) is 4. The highest BCUT2D eigenvalue weighted by atomic mass is 16.1. The van der Waals surface area contributed by atoms with Crippen LogP contribution in [-0.4, -0.2) is 43.1 Å². The van der Waals surface area contributed by atoms with Crippen molar-refractivity contribution in [3.63, 3.8) is 0 Å². The van der Waals surface area contributed by atoms with Crippen molar-refractivity contribution in [2.75, 3.05) is 25.0 Å². The second-order valence-electron chi connectivity index (χ2n) is 4.88. The van der Waals surface area contributed by atoms with Crippen LogP contribution in [0.15, 0.2) is 18.3 Å². The Morgan fingerprint density at radius 2 is 2.39 bits per heavy atom. The number of amides is 1. The van der Waals surface area contributed by atoms with Gasteiger partial charge in [-0.1, -0.05) is 0 Å². The molecule has 2 heterocycles. The van der Waals surface area contributed by atoms with E-state index >= 15 is 0 Å². The SMILES string of the molecule is CNC(=O)c1ccc(N2CCNC3CC[C@H]32)cn1. The Kier molecular flexibility index (Phi) is 2.91. The predicted molar refractivity (Wildman–Crippen MR) is 69.8 cm³/mol. The quantitative estimate of drug-likeness (QED) is 0.792. The molecule has 1 aliphatic heterocycles. The lowest BCUT2D eigenvalue weighted by molar-refractivity contribution is 0.0958. The first kappa shape index (κ1) is 11.5. The fourth-order valence-corrected chi connectivity index (χ4v) is 2.77. The Morgan fingerprint density at radius 3 is 3.00 bits per heavy atom. The maximum absolute atomic E-state index is 11.4. The van der Waals surface area contributed by atoms with Gasteiger partial charge < -0.3 is 15.5 Å². The molecule has 0 aromatic carbocycles. The third-order valence-corrected chi connectivity index (χ3v) is 3.94. The lowest BCUT2D eigenvalue weighted by Crippen LogP contribution is -2.63. The summed E-state index contributed by atoms with van der Waals surface area (Å²) in [7, 11) is 1.62. The average molecular weight is 246 g/mol. The van der Waals surface area contributed by atoms with Crippen molar-refractivity contribution in [1.82, 2.24) is 15.6 Å². The summed E-state index contributed by atoms with van der Waals surface area (Å²) in [6.07, 6.45) is 4.32. The molecule has 96 valence electrons. The van der Waals surface area contributed by atoms with Crippen molar-refractivity contribution in [1.29, 1.82) is 0 Å². The first-order chi connectivity index (χ1) is 8.79. The Hall–Kier alpha value is -1.62. The van der Waals surface area contributed by atoms with Gasteiger partial charge in [0.1, 0.15) is 5.69 Å². The van der Waals surface area contributed by atoms with E-state index in [9.17, 15) is 4.79 Å². The van der Waals surface area contributed by atoms with Crippen molar-refractivity contribution >= 4 is 11.6 Å². The third kappa shape index (κ3) is 1.84. The minimum absolute atomic E-state index is 0.136. The van der Waals surface area contributed by atoms with Gasteiger partial charge in [-0.15, -0.1) is 0 Å². The van der Waals surface area contributed by atoms with Crippen LogP contribution in [0.4, 0.5) is 5.69 Å². The van der Waals surface area contributed by atoms with E-state index in [1.807, 2.05) is 12.3 Å². The minimum Gasteiger partial charge on any atom is -0.364 e. The molecule has 0 spiro atoms. The highest BCUT2D eigenvalue weighted by Crippen LogP contribution is 2.31. The summed E-state index contributed by atoms with van der Waals surface area (Å²) in [5, 5.41) is 6.11. The highest BCUT2D eigenvalue weighted by Gasteiger charge is 2.38. The van der Waals surface area contributed by atoms with Crippen LogP contribution in [0.1, 0.15) is 23.3 Å². The maximum Gasteiger partial charge on any atom is 0.269 e. The Labute approximate surface area is 107 Å². The number of nitrogens with one attached hydrogen (secondary N) is 2. The lowest BCUT2D eigenvalue weighted by atomic mass is 9.83. The first-order valence-electron chi connectivity index (χ1n) is 6.48. The summed E-state index contributed by atoms with van der Waals surface area (Å²) in [6.45, 7) is 2.04. The maximum atomic E-state index is 11.4. The van der Waals surface area contributed by atoms with Crippen LogP contribution in [0.3, 0.4) is 0 Å². The van der Waals surface area contributed by atoms with Gasteiger partial charge in [-0.05, 0) is 25.0 Å². The number of fused-ring (bicyclic) bond motifs is 1. The number of carbonyl (C=O) groups is 1. The Bertz CT molecular complexity index is 445. The molecule has 2 atom stereocenters. The monoisotopic (exact) mass is 246 g/mol. The normalized spacial score (nSPS) is 26.2. The summed E-state index contributed by atoms with van der Waals surface area (Å²) in [5.41, 5.74) is 1.60. The van der Waals surface area contributed by atoms with E-state index in [0.717, 1.165) is 18.8 Å². The van der Waals surface area contributed by atoms with Gasteiger partial charge in [-0.3, -0.25) is 4.79 Å². The van der Waals surface area contributed by atoms with Crippen molar-refractivity contribution in [2.45, 2.75) is 24.9 Å². The van der Waals surface area contributed by atoms with Crippen LogP contribution in [0, 0.1) is 0 Å². The number of carbonyl (C=O) groups excluding carboxylic acids is 1. The van der Waals surface area contributed by atoms with E-state index in [-0.39, 0.29) is 5.91 Å². The van der Waals surface area contributed by atoms with E-state index in [0.29, 0.717) is 17.8 Å². The van der Waals surface area contributed by atoms with Gasteiger partial charge in [0, 0.05) is 32.2 Å². The van der Waals surface area contributed by atoms with Gasteiger partial charge >= 0.3 is 0 Å². The van der Waals surface area contributed by atoms with Gasteiger partial charge in [-0.25, -0.2) is 4.98 Å². The van der Waals surface area contributed by atoms with Gasteiger partial charge in [0.2, 0.25) is 0 Å². The second-order valence-corrected chi connectivity index (χ2v) is 4.88. The highest BCUT2D eigenvalue weighted by molar-refractivity contribution is 5.92. The number of rotatable bonds is 2. The largest absolute Gasteiger partial charge is 0.364 e. The molecule has 18 heavy (non-hydrogen) atoms. The molecule has 2 aliphatic rings. The molecule has 1 saturated carbocycles. The van der Waals surface area contributed by atoms with Gasteiger partial charge in [-0.2, -0.15) is 0 Å². The van der Waals surface area contributed by atoms with E-state index in [4.69, 9.17) is 0 Å². The van der Waals surface area contributed by atoms with Crippen molar-refractivity contribution < 1.29 is 4.79 Å². The van der Waals surface area contributed by atoms with E-state index in [1.54, 1.807) is 13.1 Å². The van der Waals surface area contributed by atoms with Gasteiger partial charge in [0.05, 0.1) is 11.9 Å². The van der Waals surface area contributed by atoms with E-state index in [1.165, 1.54) is 12.8 Å². The summed E-state index contributed by atoms with van der Waals surface area (Å²) in [5.74, 6) is -0.136. The Balaban J connectivity index is 1.78. The van der Waals surface area contributed by atoms with E-state index < -0.39 is 0 Å². The summed E-state index contributed by atoms with van der Waals surface area (Å²) < 4.78 is 0. The molecule has 1 aromatic heterocycles. The van der Waals surface area contributed by atoms with Gasteiger partial charge in [0.25, 0.3) is 5.91 Å². The summed E-state index contributed by atoms with van der Waals surface area (Å²) in [4.78, 5) is 18.1. The smallest absolute Gasteiger partial charge is 0.269 e. The molecular formula is C13H18N4O. The number of pyridine rings is 1. The molecule has 0 bridgehead atoms. The number of piperazine rings is 1. The van der Waals surface area contributed by atoms with E-state index in [2.05, 4.69) is 20.5 Å². The molecule has 1 aromatic rings. The number of hydrogen-bond donors (Lipinski definition) is 2. The van der Waals surface area contributed by atoms with Crippen molar-refractivity contribution in [3.8, 4) is 0 Å². The lowest BCUT2D eigenvalue weighted by Gasteiger charge is -2.49. The van der Waals surface area contributed by atoms with Crippen LogP contribution >= 0.6 is 0 Å². The van der Waals surface area contributed by atoms with Crippen LogP contribution in [-0.2, 0) is 0 Å². The zero-order valence-electron chi connectivity index (χ0n) is 10.5. The van der Waals surface area contributed by atoms with Crippen LogP contribution in [0.2, 0.25) is 0 Å². The molecule has 1 amide bonds. The molecule has 0 radical (unpaired) electrons. The molecule has 1 aliphatic carbocycles. The molecule has 5 nitrogen and oxygen atoms in total. The fraction of sp³-hybridized carbons (Fsp3) is 0.538. The summed E-state index contributed by atoms with van der Waals surface area (Å²) in [6, 6.07) is 5.03. The van der Waals surface area contributed by atoms with Crippen molar-refractivity contribution in [2.24, 2.45) is 0 Å². The zero-order valence-corrected chi connectivity index (χ0v) is 10.5. The number of nitrogens with zero attached hydrogens (tertiary/aromatic N) is 2. The van der Waals surface area contributed by atoms with Crippen LogP contribution in [0.5, 0.6) is 0 Å². The molecular weight excluding hydrogens is 228 g/mol. The zero-order chi connectivity index (χ0) is 12.5. The summed E-state index contributed by atoms with van der Waals surface area (Å²) >= 11 is 0. The molecule has 2 N–H and O–H groups in total. The number of aromatic nitrogens is 1. The average Bonchev–Trinajstić information content (AvgIpc) is 2.39. The molecule has 2 fully saturated rings. The molecule has 3 rings (SSSR count). The Morgan fingerprint density at radius 1 is 1.50 bits per heavy atom. The fourth-order valence-electron chi connectivity index (χ4n) is 2.77. The third-order valence-electron chi connectivity index (χ3n) is 3.94. The number of anilines is 1. The topological polar surface area (TPSA) is 57.3 Å². The first-order valence-corrected chi connectivity index (χ1v) is 6.48. The minimum atomic E-state index is -0.136. The molecule has 5 heteroatoms.